The molecule has 0 bridgehead atoms. The van der Waals surface area contributed by atoms with Crippen LogP contribution in [0.5, 0.6) is 0 Å². The van der Waals surface area contributed by atoms with Crippen LogP contribution in [0.2, 0.25) is 5.28 Å². The Morgan fingerprint density at radius 3 is 3.00 bits per heavy atom. The van der Waals surface area contributed by atoms with Crippen molar-refractivity contribution in [1.82, 2.24) is 9.97 Å². The fourth-order valence-electron chi connectivity index (χ4n) is 2.11. The van der Waals surface area contributed by atoms with E-state index in [9.17, 15) is 4.21 Å². The lowest BCUT2D eigenvalue weighted by Crippen LogP contribution is -2.02. The third-order valence-electron chi connectivity index (χ3n) is 2.94. The molecule has 0 saturated carbocycles. The second kappa shape index (κ2) is 4.90. The number of nitrogens with one attached hydrogen (secondary N) is 1. The summed E-state index contributed by atoms with van der Waals surface area (Å²) in [5.74, 6) is 1.14. The Balaban J connectivity index is 2.04. The van der Waals surface area contributed by atoms with E-state index < -0.39 is 10.8 Å². The van der Waals surface area contributed by atoms with Crippen molar-refractivity contribution in [2.75, 3.05) is 11.1 Å². The van der Waals surface area contributed by atoms with Crippen molar-refractivity contribution in [2.45, 2.75) is 18.2 Å². The largest absolute Gasteiger partial charge is 0.339 e. The molecule has 1 aliphatic rings. The summed E-state index contributed by atoms with van der Waals surface area (Å²) in [5, 5.41) is 3.38. The summed E-state index contributed by atoms with van der Waals surface area (Å²) in [6.45, 7) is 2.01. The van der Waals surface area contributed by atoms with Crippen molar-refractivity contribution in [3.8, 4) is 0 Å². The van der Waals surface area contributed by atoms with E-state index in [0.717, 1.165) is 16.9 Å². The highest BCUT2D eigenvalue weighted by molar-refractivity contribution is 7.85. The van der Waals surface area contributed by atoms with E-state index in [1.165, 1.54) is 0 Å². The SMILES string of the molecule is Cc1cccc(Nc2nc(Cl)nc3c2S(=O)CC3)c1. The minimum atomic E-state index is -1.04. The zero-order valence-corrected chi connectivity index (χ0v) is 11.9. The zero-order chi connectivity index (χ0) is 13.4. The minimum Gasteiger partial charge on any atom is -0.339 e. The Hall–Kier alpha value is -1.46. The van der Waals surface area contributed by atoms with E-state index >= 15 is 0 Å². The molecule has 1 N–H and O–H groups in total. The van der Waals surface area contributed by atoms with E-state index in [1.54, 1.807) is 0 Å². The van der Waals surface area contributed by atoms with Gasteiger partial charge in [-0.25, -0.2) is 4.98 Å². The number of hydrogen-bond donors (Lipinski definition) is 1. The number of aromatic nitrogens is 2. The third kappa shape index (κ3) is 2.48. The highest BCUT2D eigenvalue weighted by Crippen LogP contribution is 2.30. The topological polar surface area (TPSA) is 54.9 Å². The maximum absolute atomic E-state index is 12.0. The first-order valence-corrected chi connectivity index (χ1v) is 7.61. The maximum Gasteiger partial charge on any atom is 0.224 e. The van der Waals surface area contributed by atoms with Crippen LogP contribution in [-0.4, -0.2) is 19.9 Å². The second-order valence-corrected chi connectivity index (χ2v) is 6.26. The molecular formula is C13H12ClN3OS. The van der Waals surface area contributed by atoms with Crippen molar-refractivity contribution in [2.24, 2.45) is 0 Å². The standard InChI is InChI=1S/C13H12ClN3OS/c1-8-3-2-4-9(7-8)15-12-11-10(5-6-19(11)18)16-13(14)17-12/h2-4,7H,5-6H2,1H3,(H,15,16,17). The molecule has 3 rings (SSSR count). The first-order chi connectivity index (χ1) is 9.13. The summed E-state index contributed by atoms with van der Waals surface area (Å²) >= 11 is 5.91. The van der Waals surface area contributed by atoms with Gasteiger partial charge in [0, 0.05) is 17.9 Å². The Bertz CT molecular complexity index is 675. The van der Waals surface area contributed by atoms with Gasteiger partial charge in [-0.05, 0) is 36.2 Å². The Kier molecular flexibility index (Phi) is 3.24. The smallest absolute Gasteiger partial charge is 0.224 e. The number of nitrogens with zero attached hydrogens (tertiary/aromatic N) is 2. The van der Waals surface area contributed by atoms with Gasteiger partial charge in [0.1, 0.15) is 4.90 Å². The molecule has 0 amide bonds. The molecule has 1 aromatic heterocycles. The highest BCUT2D eigenvalue weighted by atomic mass is 35.5. The zero-order valence-electron chi connectivity index (χ0n) is 10.3. The van der Waals surface area contributed by atoms with Crippen LogP contribution in [0.1, 0.15) is 11.3 Å². The van der Waals surface area contributed by atoms with Crippen LogP contribution < -0.4 is 5.32 Å². The Morgan fingerprint density at radius 2 is 2.21 bits per heavy atom. The number of fused-ring (bicyclic) bond motifs is 1. The molecule has 0 saturated heterocycles. The second-order valence-electron chi connectivity index (χ2n) is 4.41. The monoisotopic (exact) mass is 293 g/mol. The Morgan fingerprint density at radius 1 is 1.37 bits per heavy atom. The van der Waals surface area contributed by atoms with Crippen LogP contribution >= 0.6 is 11.6 Å². The first kappa shape index (κ1) is 12.6. The van der Waals surface area contributed by atoms with Gasteiger partial charge < -0.3 is 5.32 Å². The van der Waals surface area contributed by atoms with Crippen molar-refractivity contribution in [1.29, 1.82) is 0 Å². The Labute approximate surface area is 118 Å². The molecule has 98 valence electrons. The minimum absolute atomic E-state index is 0.188. The van der Waals surface area contributed by atoms with E-state index in [1.807, 2.05) is 31.2 Å². The van der Waals surface area contributed by atoms with Gasteiger partial charge in [-0.1, -0.05) is 12.1 Å². The first-order valence-electron chi connectivity index (χ1n) is 5.92. The van der Waals surface area contributed by atoms with E-state index in [4.69, 9.17) is 11.6 Å². The molecule has 0 aliphatic carbocycles. The van der Waals surface area contributed by atoms with Crippen LogP contribution in [0.25, 0.3) is 0 Å². The quantitative estimate of drug-likeness (QED) is 0.865. The number of halogens is 1. The van der Waals surface area contributed by atoms with Crippen molar-refractivity contribution >= 4 is 33.9 Å². The normalized spacial score (nSPS) is 17.3. The molecule has 0 radical (unpaired) electrons. The highest BCUT2D eigenvalue weighted by Gasteiger charge is 2.25. The van der Waals surface area contributed by atoms with Crippen molar-refractivity contribution in [3.05, 3.63) is 40.8 Å². The molecule has 1 unspecified atom stereocenters. The van der Waals surface area contributed by atoms with E-state index in [2.05, 4.69) is 15.3 Å². The lowest BCUT2D eigenvalue weighted by molar-refractivity contribution is 0.685. The van der Waals surface area contributed by atoms with Crippen LogP contribution in [0.4, 0.5) is 11.5 Å². The number of hydrogen-bond acceptors (Lipinski definition) is 4. The van der Waals surface area contributed by atoms with Gasteiger partial charge in [0.05, 0.1) is 16.5 Å². The predicted molar refractivity (Wildman–Crippen MR) is 76.5 cm³/mol. The lowest BCUT2D eigenvalue weighted by Gasteiger charge is -2.10. The molecule has 0 fully saturated rings. The summed E-state index contributed by atoms with van der Waals surface area (Å²) in [5.41, 5.74) is 2.83. The molecule has 1 aliphatic heterocycles. The molecule has 2 heterocycles. The van der Waals surface area contributed by atoms with Crippen molar-refractivity contribution in [3.63, 3.8) is 0 Å². The number of benzene rings is 1. The number of rotatable bonds is 2. The van der Waals surface area contributed by atoms with Gasteiger partial charge in [-0.15, -0.1) is 0 Å². The van der Waals surface area contributed by atoms with Crippen LogP contribution in [0, 0.1) is 6.92 Å². The fraction of sp³-hybridized carbons (Fsp3) is 0.231. The predicted octanol–water partition coefficient (Wildman–Crippen LogP) is 2.85. The number of anilines is 2. The van der Waals surface area contributed by atoms with E-state index in [-0.39, 0.29) is 5.28 Å². The molecule has 0 spiro atoms. The summed E-state index contributed by atoms with van der Waals surface area (Å²) < 4.78 is 12.0. The van der Waals surface area contributed by atoms with Crippen LogP contribution in [0.3, 0.4) is 0 Å². The molecule has 1 atom stereocenters. The third-order valence-corrected chi connectivity index (χ3v) is 4.57. The molecular weight excluding hydrogens is 282 g/mol. The summed E-state index contributed by atoms with van der Waals surface area (Å²) in [6.07, 6.45) is 0.687. The van der Waals surface area contributed by atoms with Gasteiger partial charge in [-0.3, -0.25) is 4.21 Å². The summed E-state index contributed by atoms with van der Waals surface area (Å²) in [7, 11) is -1.04. The lowest BCUT2D eigenvalue weighted by atomic mass is 10.2. The van der Waals surface area contributed by atoms with Gasteiger partial charge in [-0.2, -0.15) is 4.98 Å². The van der Waals surface area contributed by atoms with Crippen molar-refractivity contribution < 1.29 is 4.21 Å². The summed E-state index contributed by atoms with van der Waals surface area (Å²) in [4.78, 5) is 9.00. The van der Waals surface area contributed by atoms with Gasteiger partial charge in [0.25, 0.3) is 0 Å². The molecule has 4 nitrogen and oxygen atoms in total. The molecule has 6 heteroatoms. The van der Waals surface area contributed by atoms with Gasteiger partial charge in [0.2, 0.25) is 5.28 Å². The molecule has 1 aromatic carbocycles. The average molecular weight is 294 g/mol. The molecule has 2 aromatic rings. The average Bonchev–Trinajstić information content (AvgIpc) is 2.71. The fourth-order valence-corrected chi connectivity index (χ4v) is 3.60. The van der Waals surface area contributed by atoms with Crippen LogP contribution in [-0.2, 0) is 17.2 Å². The van der Waals surface area contributed by atoms with Crippen LogP contribution in [0.15, 0.2) is 29.2 Å². The van der Waals surface area contributed by atoms with Gasteiger partial charge in [0.15, 0.2) is 5.82 Å². The maximum atomic E-state index is 12.0. The summed E-state index contributed by atoms with van der Waals surface area (Å²) in [6, 6.07) is 7.91. The van der Waals surface area contributed by atoms with E-state index in [0.29, 0.717) is 22.9 Å². The number of aryl methyl sites for hydroxylation is 2. The molecule has 19 heavy (non-hydrogen) atoms. The van der Waals surface area contributed by atoms with Gasteiger partial charge >= 0.3 is 0 Å².